The minimum absolute atomic E-state index is 0.0529. The van der Waals surface area contributed by atoms with E-state index in [-0.39, 0.29) is 17.5 Å². The molecule has 0 saturated heterocycles. The topological polar surface area (TPSA) is 70.8 Å². The van der Waals surface area contributed by atoms with E-state index in [9.17, 15) is 8.78 Å². The van der Waals surface area contributed by atoms with Gasteiger partial charge in [0.2, 0.25) is 0 Å². The first-order valence-electron chi connectivity index (χ1n) is 6.67. The fourth-order valence-corrected chi connectivity index (χ4v) is 1.95. The molecule has 1 aromatic heterocycles. The largest absolute Gasteiger partial charge is 0.435 e. The molecule has 1 unspecified atom stereocenters. The summed E-state index contributed by atoms with van der Waals surface area (Å²) in [6, 6.07) is 11.5. The molecule has 1 N–H and O–H groups in total. The molecule has 5 nitrogen and oxygen atoms in total. The molecule has 0 radical (unpaired) electrons. The van der Waals surface area contributed by atoms with Gasteiger partial charge in [-0.1, -0.05) is 19.1 Å². The molecular weight excluding hydrogens is 290 g/mol. The summed E-state index contributed by atoms with van der Waals surface area (Å²) >= 11 is 0. The smallest absolute Gasteiger partial charge is 0.387 e. The quantitative estimate of drug-likeness (QED) is 0.884. The van der Waals surface area contributed by atoms with Crippen molar-refractivity contribution < 1.29 is 13.5 Å². The third-order valence-corrected chi connectivity index (χ3v) is 3.02. The molecule has 0 saturated carbocycles. The molecular formula is C15H14F2N4O. The van der Waals surface area contributed by atoms with Crippen molar-refractivity contribution in [3.8, 4) is 11.8 Å². The molecule has 0 aliphatic heterocycles. The van der Waals surface area contributed by atoms with Crippen molar-refractivity contribution in [2.45, 2.75) is 26.0 Å². The highest BCUT2D eigenvalue weighted by molar-refractivity contribution is 5.40. The molecule has 114 valence electrons. The number of halogens is 2. The van der Waals surface area contributed by atoms with Crippen molar-refractivity contribution >= 4 is 5.82 Å². The summed E-state index contributed by atoms with van der Waals surface area (Å²) in [6.07, 6.45) is 0.761. The Bertz CT molecular complexity index is 638. The molecule has 1 atom stereocenters. The van der Waals surface area contributed by atoms with Gasteiger partial charge in [0.1, 0.15) is 17.6 Å². The summed E-state index contributed by atoms with van der Waals surface area (Å²) in [5, 5.41) is 19.5. The van der Waals surface area contributed by atoms with E-state index in [4.69, 9.17) is 5.26 Å². The van der Waals surface area contributed by atoms with Gasteiger partial charge >= 0.3 is 6.61 Å². The zero-order valence-corrected chi connectivity index (χ0v) is 11.8. The van der Waals surface area contributed by atoms with Crippen molar-refractivity contribution in [2.24, 2.45) is 0 Å². The van der Waals surface area contributed by atoms with Crippen molar-refractivity contribution in [1.82, 2.24) is 10.2 Å². The zero-order valence-electron chi connectivity index (χ0n) is 11.8. The van der Waals surface area contributed by atoms with Crippen molar-refractivity contribution in [2.75, 3.05) is 5.32 Å². The van der Waals surface area contributed by atoms with Gasteiger partial charge in [-0.25, -0.2) is 0 Å². The van der Waals surface area contributed by atoms with Crippen LogP contribution in [-0.2, 0) is 0 Å². The second-order valence-electron chi connectivity index (χ2n) is 4.47. The molecule has 2 rings (SSSR count). The summed E-state index contributed by atoms with van der Waals surface area (Å²) in [5.74, 6) is 0.658. The molecule has 7 heteroatoms. The number of anilines is 1. The van der Waals surface area contributed by atoms with Crippen LogP contribution in [0.5, 0.6) is 5.75 Å². The molecule has 0 amide bonds. The van der Waals surface area contributed by atoms with Crippen LogP contribution in [0.1, 0.15) is 30.6 Å². The predicted octanol–water partition coefficient (Wildman–Crippen LogP) is 3.51. The van der Waals surface area contributed by atoms with E-state index in [0.29, 0.717) is 5.82 Å². The van der Waals surface area contributed by atoms with E-state index in [1.54, 1.807) is 24.3 Å². The molecule has 0 fully saturated rings. The van der Waals surface area contributed by atoms with Crippen LogP contribution in [0.25, 0.3) is 0 Å². The SMILES string of the molecule is CCC(Nc1ccc(C#N)nn1)c1ccc(OC(F)F)cc1. The Kier molecular flexibility index (Phi) is 5.20. The lowest BCUT2D eigenvalue weighted by atomic mass is 10.0. The van der Waals surface area contributed by atoms with Gasteiger partial charge in [-0.15, -0.1) is 10.2 Å². The number of aromatic nitrogens is 2. The Morgan fingerprint density at radius 2 is 1.91 bits per heavy atom. The number of nitriles is 1. The lowest BCUT2D eigenvalue weighted by Gasteiger charge is -2.18. The Labute approximate surface area is 126 Å². The summed E-state index contributed by atoms with van der Waals surface area (Å²) in [4.78, 5) is 0. The Balaban J connectivity index is 2.08. The molecule has 22 heavy (non-hydrogen) atoms. The molecule has 0 aliphatic rings. The minimum atomic E-state index is -2.83. The van der Waals surface area contributed by atoms with Crippen LogP contribution < -0.4 is 10.1 Å². The minimum Gasteiger partial charge on any atom is -0.435 e. The summed E-state index contributed by atoms with van der Waals surface area (Å²) in [5.41, 5.74) is 1.15. The fourth-order valence-electron chi connectivity index (χ4n) is 1.95. The van der Waals surface area contributed by atoms with Crippen LogP contribution in [0.4, 0.5) is 14.6 Å². The highest BCUT2D eigenvalue weighted by atomic mass is 19.3. The summed E-state index contributed by atoms with van der Waals surface area (Å²) in [7, 11) is 0. The van der Waals surface area contributed by atoms with Crippen LogP contribution >= 0.6 is 0 Å². The Morgan fingerprint density at radius 1 is 1.18 bits per heavy atom. The van der Waals surface area contributed by atoms with Gasteiger partial charge in [0, 0.05) is 0 Å². The van der Waals surface area contributed by atoms with E-state index < -0.39 is 6.61 Å². The number of ether oxygens (including phenoxy) is 1. The summed E-state index contributed by atoms with van der Waals surface area (Å²) < 4.78 is 28.6. The highest BCUT2D eigenvalue weighted by Crippen LogP contribution is 2.24. The number of rotatable bonds is 6. The number of nitrogens with zero attached hydrogens (tertiary/aromatic N) is 3. The molecule has 0 bridgehead atoms. The van der Waals surface area contributed by atoms with Gasteiger partial charge in [0.15, 0.2) is 5.69 Å². The van der Waals surface area contributed by atoms with Crippen LogP contribution in [0.2, 0.25) is 0 Å². The van der Waals surface area contributed by atoms with Crippen LogP contribution in [-0.4, -0.2) is 16.8 Å². The molecule has 1 aromatic carbocycles. The van der Waals surface area contributed by atoms with Gasteiger partial charge in [-0.05, 0) is 36.2 Å². The fraction of sp³-hybridized carbons (Fsp3) is 0.267. The average molecular weight is 304 g/mol. The third-order valence-electron chi connectivity index (χ3n) is 3.02. The van der Waals surface area contributed by atoms with Crippen molar-refractivity contribution in [3.05, 3.63) is 47.7 Å². The highest BCUT2D eigenvalue weighted by Gasteiger charge is 2.11. The van der Waals surface area contributed by atoms with Gasteiger partial charge < -0.3 is 10.1 Å². The van der Waals surface area contributed by atoms with Crippen molar-refractivity contribution in [1.29, 1.82) is 5.26 Å². The first-order valence-corrected chi connectivity index (χ1v) is 6.67. The maximum Gasteiger partial charge on any atom is 0.387 e. The van der Waals surface area contributed by atoms with E-state index in [1.165, 1.54) is 12.1 Å². The van der Waals surface area contributed by atoms with Crippen LogP contribution in [0, 0.1) is 11.3 Å². The van der Waals surface area contributed by atoms with Gasteiger partial charge in [0.05, 0.1) is 6.04 Å². The second-order valence-corrected chi connectivity index (χ2v) is 4.47. The molecule has 1 heterocycles. The zero-order chi connectivity index (χ0) is 15.9. The number of nitrogens with one attached hydrogen (secondary N) is 1. The second kappa shape index (κ2) is 7.31. The van der Waals surface area contributed by atoms with Crippen LogP contribution in [0.15, 0.2) is 36.4 Å². The number of alkyl halides is 2. The van der Waals surface area contributed by atoms with E-state index in [1.807, 2.05) is 13.0 Å². The predicted molar refractivity (Wildman–Crippen MR) is 76.5 cm³/mol. The number of hydrogen-bond acceptors (Lipinski definition) is 5. The van der Waals surface area contributed by atoms with Crippen molar-refractivity contribution in [3.63, 3.8) is 0 Å². The molecule has 0 spiro atoms. The summed E-state index contributed by atoms with van der Waals surface area (Å²) in [6.45, 7) is -0.849. The van der Waals surface area contributed by atoms with E-state index >= 15 is 0 Å². The lowest BCUT2D eigenvalue weighted by Crippen LogP contribution is -2.11. The number of hydrogen-bond donors (Lipinski definition) is 1. The Morgan fingerprint density at radius 3 is 2.41 bits per heavy atom. The number of benzene rings is 1. The van der Waals surface area contributed by atoms with Gasteiger partial charge in [0.25, 0.3) is 0 Å². The first-order chi connectivity index (χ1) is 10.6. The first kappa shape index (κ1) is 15.6. The maximum absolute atomic E-state index is 12.1. The van der Waals surface area contributed by atoms with Gasteiger partial charge in [-0.2, -0.15) is 14.0 Å². The third kappa shape index (κ3) is 4.12. The van der Waals surface area contributed by atoms with E-state index in [0.717, 1.165) is 12.0 Å². The lowest BCUT2D eigenvalue weighted by molar-refractivity contribution is -0.0498. The normalized spacial score (nSPS) is 11.8. The van der Waals surface area contributed by atoms with Crippen LogP contribution in [0.3, 0.4) is 0 Å². The van der Waals surface area contributed by atoms with Gasteiger partial charge in [-0.3, -0.25) is 0 Å². The monoisotopic (exact) mass is 304 g/mol. The standard InChI is InChI=1S/C15H14F2N4O/c1-2-13(19-14-8-5-11(9-18)20-21-14)10-3-6-12(7-4-10)22-15(16)17/h3-8,13,15H,2H2,1H3,(H,19,21). The molecule has 0 aliphatic carbocycles. The Hall–Kier alpha value is -2.75. The maximum atomic E-state index is 12.1. The van der Waals surface area contributed by atoms with E-state index in [2.05, 4.69) is 20.3 Å². The average Bonchev–Trinajstić information content (AvgIpc) is 2.53. The molecule has 2 aromatic rings.